The van der Waals surface area contributed by atoms with Crippen LogP contribution in [0.5, 0.6) is 0 Å². The van der Waals surface area contributed by atoms with Gasteiger partial charge in [-0.05, 0) is 46.7 Å². The molecule has 2 N–H and O–H groups in total. The Kier molecular flexibility index (Phi) is 4.30. The van der Waals surface area contributed by atoms with E-state index >= 15 is 0 Å². The maximum absolute atomic E-state index is 14.5. The van der Waals surface area contributed by atoms with Gasteiger partial charge in [-0.25, -0.2) is 17.5 Å². The summed E-state index contributed by atoms with van der Waals surface area (Å²) < 4.78 is 43.8. The molecule has 0 aliphatic carbocycles. The summed E-state index contributed by atoms with van der Waals surface area (Å²) in [7, 11) is -2.52. The molecule has 0 saturated carbocycles. The van der Waals surface area contributed by atoms with Gasteiger partial charge >= 0.3 is 0 Å². The van der Waals surface area contributed by atoms with E-state index in [0.29, 0.717) is 29.1 Å². The van der Waals surface area contributed by atoms with Gasteiger partial charge in [0, 0.05) is 30.4 Å². The number of nitrogens with one attached hydrogen (secondary N) is 2. The molecule has 1 aliphatic heterocycles. The number of sulfonamides is 1. The normalized spacial score (nSPS) is 13.7. The zero-order chi connectivity index (χ0) is 19.9. The first kappa shape index (κ1) is 18.0. The molecule has 1 aromatic heterocycles. The molecule has 1 aliphatic rings. The van der Waals surface area contributed by atoms with E-state index < -0.39 is 20.7 Å². The number of carbonyl (C=O) groups is 1. The van der Waals surface area contributed by atoms with Crippen LogP contribution >= 0.6 is 0 Å². The van der Waals surface area contributed by atoms with Crippen molar-refractivity contribution in [2.45, 2.75) is 17.7 Å². The topological polar surface area (TPSA) is 119 Å². The van der Waals surface area contributed by atoms with Gasteiger partial charge in [-0.3, -0.25) is 9.52 Å². The molecule has 0 radical (unpaired) electrons. The minimum Gasteiger partial charge on any atom is -0.326 e. The van der Waals surface area contributed by atoms with Crippen LogP contribution in [0.4, 0.5) is 15.8 Å². The average Bonchev–Trinajstić information content (AvgIpc) is 3.06. The van der Waals surface area contributed by atoms with Gasteiger partial charge in [0.1, 0.15) is 10.7 Å². The lowest BCUT2D eigenvalue weighted by Crippen LogP contribution is -2.21. The van der Waals surface area contributed by atoms with Gasteiger partial charge in [0.2, 0.25) is 5.91 Å². The molecule has 2 aromatic carbocycles. The number of anilines is 2. The Morgan fingerprint density at radius 1 is 1.21 bits per heavy atom. The summed E-state index contributed by atoms with van der Waals surface area (Å²) in [5.74, 6) is -0.713. The number of hydrogen-bond donors (Lipinski definition) is 2. The van der Waals surface area contributed by atoms with Crippen LogP contribution in [-0.2, 0) is 28.3 Å². The van der Waals surface area contributed by atoms with Crippen LogP contribution in [0.3, 0.4) is 0 Å². The quantitative estimate of drug-likeness (QED) is 0.686. The summed E-state index contributed by atoms with van der Waals surface area (Å²) in [5.41, 5.74) is 1.71. The maximum Gasteiger partial charge on any atom is 0.264 e. The Morgan fingerprint density at radius 3 is 2.79 bits per heavy atom. The summed E-state index contributed by atoms with van der Waals surface area (Å²) in [5, 5.41) is 13.7. The number of rotatable bonds is 4. The van der Waals surface area contributed by atoms with E-state index in [4.69, 9.17) is 0 Å². The standard InChI is InChI=1S/C17H15FN6O3S/c1-24-17(20-22-23-24)11-3-2-4-12(7-11)21-28(26,27)15-8-10-5-6-16(25)19-14(10)9-13(15)18/h2-4,7-9,21H,5-6H2,1H3,(H,19,25). The Hall–Kier alpha value is -3.34. The van der Waals surface area contributed by atoms with E-state index in [0.717, 1.165) is 6.07 Å². The van der Waals surface area contributed by atoms with Crippen LogP contribution in [0.25, 0.3) is 11.4 Å². The number of aryl methyl sites for hydroxylation is 2. The van der Waals surface area contributed by atoms with Crippen molar-refractivity contribution in [3.05, 3.63) is 47.8 Å². The highest BCUT2D eigenvalue weighted by molar-refractivity contribution is 7.92. The first-order valence-electron chi connectivity index (χ1n) is 8.31. The Labute approximate surface area is 159 Å². The molecule has 0 spiro atoms. The van der Waals surface area contributed by atoms with E-state index in [1.807, 2.05) is 0 Å². The smallest absolute Gasteiger partial charge is 0.264 e. The molecule has 4 rings (SSSR count). The molecule has 144 valence electrons. The third-order valence-corrected chi connectivity index (χ3v) is 5.73. The zero-order valence-electron chi connectivity index (χ0n) is 14.7. The van der Waals surface area contributed by atoms with Crippen molar-refractivity contribution >= 4 is 27.3 Å². The van der Waals surface area contributed by atoms with Crippen molar-refractivity contribution in [2.75, 3.05) is 10.0 Å². The molecule has 11 heteroatoms. The lowest BCUT2D eigenvalue weighted by Gasteiger charge is -2.18. The minimum absolute atomic E-state index is 0.222. The second-order valence-electron chi connectivity index (χ2n) is 6.30. The van der Waals surface area contributed by atoms with E-state index in [1.54, 1.807) is 31.3 Å². The molecule has 0 unspecified atom stereocenters. The fraction of sp³-hybridized carbons (Fsp3) is 0.176. The Balaban J connectivity index is 1.67. The molecule has 2 heterocycles. The van der Waals surface area contributed by atoms with Gasteiger partial charge in [-0.15, -0.1) is 5.10 Å². The average molecular weight is 402 g/mol. The maximum atomic E-state index is 14.5. The van der Waals surface area contributed by atoms with Crippen molar-refractivity contribution in [1.82, 2.24) is 20.2 Å². The number of benzene rings is 2. The molecule has 0 fully saturated rings. The third kappa shape index (κ3) is 3.31. The summed E-state index contributed by atoms with van der Waals surface area (Å²) in [6.45, 7) is 0. The molecule has 3 aromatic rings. The largest absolute Gasteiger partial charge is 0.326 e. The molecular weight excluding hydrogens is 387 g/mol. The van der Waals surface area contributed by atoms with Crippen LogP contribution in [0.1, 0.15) is 12.0 Å². The molecule has 9 nitrogen and oxygen atoms in total. The molecular formula is C17H15FN6O3S. The lowest BCUT2D eigenvalue weighted by atomic mass is 10.0. The fourth-order valence-corrected chi connectivity index (χ4v) is 4.15. The van der Waals surface area contributed by atoms with Gasteiger partial charge in [0.05, 0.1) is 0 Å². The van der Waals surface area contributed by atoms with Crippen molar-refractivity contribution in [2.24, 2.45) is 7.05 Å². The summed E-state index contributed by atoms with van der Waals surface area (Å²) in [6, 6.07) is 8.75. The van der Waals surface area contributed by atoms with E-state index in [1.165, 1.54) is 10.7 Å². The highest BCUT2D eigenvalue weighted by Crippen LogP contribution is 2.29. The van der Waals surface area contributed by atoms with Crippen LogP contribution in [-0.4, -0.2) is 34.5 Å². The second kappa shape index (κ2) is 6.68. The molecule has 1 amide bonds. The Bertz CT molecular complexity index is 1190. The number of hydrogen-bond acceptors (Lipinski definition) is 6. The fourth-order valence-electron chi connectivity index (χ4n) is 2.99. The van der Waals surface area contributed by atoms with Crippen LogP contribution < -0.4 is 10.0 Å². The van der Waals surface area contributed by atoms with Gasteiger partial charge in [0.25, 0.3) is 10.0 Å². The molecule has 0 saturated heterocycles. The predicted molar refractivity (Wildman–Crippen MR) is 98.4 cm³/mol. The number of halogens is 1. The summed E-state index contributed by atoms with van der Waals surface area (Å²) in [6.07, 6.45) is 0.567. The molecule has 28 heavy (non-hydrogen) atoms. The number of carbonyl (C=O) groups excluding carboxylic acids is 1. The summed E-state index contributed by atoms with van der Waals surface area (Å²) >= 11 is 0. The van der Waals surface area contributed by atoms with E-state index in [9.17, 15) is 17.6 Å². The number of tetrazole rings is 1. The first-order chi connectivity index (χ1) is 13.3. The highest BCUT2D eigenvalue weighted by atomic mass is 32.2. The first-order valence-corrected chi connectivity index (χ1v) is 9.80. The van der Waals surface area contributed by atoms with Crippen LogP contribution in [0.15, 0.2) is 41.3 Å². The molecule has 0 atom stereocenters. The van der Waals surface area contributed by atoms with Crippen molar-refractivity contribution in [3.63, 3.8) is 0 Å². The highest BCUT2D eigenvalue weighted by Gasteiger charge is 2.24. The van der Waals surface area contributed by atoms with Crippen LogP contribution in [0.2, 0.25) is 0 Å². The number of nitrogens with zero attached hydrogens (tertiary/aromatic N) is 4. The summed E-state index contributed by atoms with van der Waals surface area (Å²) in [4.78, 5) is 11.0. The molecule has 0 bridgehead atoms. The number of fused-ring (bicyclic) bond motifs is 1. The van der Waals surface area contributed by atoms with Crippen molar-refractivity contribution in [1.29, 1.82) is 0 Å². The van der Waals surface area contributed by atoms with Crippen LogP contribution in [0, 0.1) is 5.82 Å². The monoisotopic (exact) mass is 402 g/mol. The van der Waals surface area contributed by atoms with Crippen molar-refractivity contribution < 1.29 is 17.6 Å². The van der Waals surface area contributed by atoms with Gasteiger partial charge in [-0.2, -0.15) is 0 Å². The number of amides is 1. The lowest BCUT2D eigenvalue weighted by molar-refractivity contribution is -0.116. The third-order valence-electron chi connectivity index (χ3n) is 4.34. The van der Waals surface area contributed by atoms with E-state index in [2.05, 4.69) is 25.6 Å². The van der Waals surface area contributed by atoms with Gasteiger partial charge in [-0.1, -0.05) is 12.1 Å². The minimum atomic E-state index is -4.18. The second-order valence-corrected chi connectivity index (χ2v) is 7.95. The van der Waals surface area contributed by atoms with Gasteiger partial charge in [0.15, 0.2) is 5.82 Å². The van der Waals surface area contributed by atoms with Gasteiger partial charge < -0.3 is 5.32 Å². The van der Waals surface area contributed by atoms with E-state index in [-0.39, 0.29) is 18.0 Å². The SMILES string of the molecule is Cn1nnnc1-c1cccc(NS(=O)(=O)c2cc3c(cc2F)NC(=O)CC3)c1. The zero-order valence-corrected chi connectivity index (χ0v) is 15.5. The number of aromatic nitrogens is 4. The Morgan fingerprint density at radius 2 is 2.04 bits per heavy atom. The predicted octanol–water partition coefficient (Wildman–Crippen LogP) is 1.70. The van der Waals surface area contributed by atoms with Crippen molar-refractivity contribution in [3.8, 4) is 11.4 Å².